The summed E-state index contributed by atoms with van der Waals surface area (Å²) in [7, 11) is 4.42. The largest absolute Gasteiger partial charge is 0.507 e. The SMILES string of the molecule is COc1cc(C2C(=C(O)c3ccncc3)C(=O)C(=O)N2c2nnc(SCc3ccc(C)cc3)s2)cc(OC)c1OC. The monoisotopic (exact) mass is 590 g/mol. The molecule has 5 rings (SSSR count). The van der Waals surface area contributed by atoms with Crippen molar-refractivity contribution in [2.75, 3.05) is 26.2 Å². The molecule has 1 atom stereocenters. The van der Waals surface area contributed by atoms with Gasteiger partial charge in [0.05, 0.1) is 32.9 Å². The van der Waals surface area contributed by atoms with Gasteiger partial charge in [-0.2, -0.15) is 0 Å². The molecule has 0 bridgehead atoms. The maximum absolute atomic E-state index is 13.6. The van der Waals surface area contributed by atoms with E-state index in [4.69, 9.17) is 14.2 Å². The van der Waals surface area contributed by atoms with Crippen LogP contribution in [0.3, 0.4) is 0 Å². The van der Waals surface area contributed by atoms with Crippen molar-refractivity contribution >= 4 is 45.7 Å². The predicted octanol–water partition coefficient (Wildman–Crippen LogP) is 5.19. The second-order valence-electron chi connectivity index (χ2n) is 8.99. The van der Waals surface area contributed by atoms with Crippen LogP contribution in [-0.4, -0.2) is 53.3 Å². The first-order valence-corrected chi connectivity index (χ1v) is 14.2. The first-order valence-electron chi connectivity index (χ1n) is 12.4. The van der Waals surface area contributed by atoms with Gasteiger partial charge >= 0.3 is 5.91 Å². The number of aliphatic hydroxyl groups is 1. The lowest BCUT2D eigenvalue weighted by Gasteiger charge is -2.24. The number of nitrogens with zero attached hydrogens (tertiary/aromatic N) is 4. The van der Waals surface area contributed by atoms with Crippen molar-refractivity contribution < 1.29 is 28.9 Å². The Kier molecular flexibility index (Phi) is 8.22. The zero-order valence-electron chi connectivity index (χ0n) is 22.7. The predicted molar refractivity (Wildman–Crippen MR) is 156 cm³/mol. The average molecular weight is 591 g/mol. The number of rotatable bonds is 9. The molecule has 2 aromatic heterocycles. The summed E-state index contributed by atoms with van der Waals surface area (Å²) in [6.07, 6.45) is 2.98. The zero-order chi connectivity index (χ0) is 29.1. The molecule has 1 N–H and O–H groups in total. The number of ether oxygens (including phenoxy) is 3. The third-order valence-corrected chi connectivity index (χ3v) is 8.61. The molecule has 1 unspecified atom stereocenters. The van der Waals surface area contributed by atoms with Gasteiger partial charge in [0.2, 0.25) is 10.9 Å². The summed E-state index contributed by atoms with van der Waals surface area (Å²) in [5.74, 6) is -0.397. The number of aliphatic hydroxyl groups excluding tert-OH is 1. The van der Waals surface area contributed by atoms with Crippen LogP contribution in [0.5, 0.6) is 17.2 Å². The number of ketones is 1. The first-order chi connectivity index (χ1) is 19.9. The van der Waals surface area contributed by atoms with Crippen LogP contribution in [0.1, 0.15) is 28.3 Å². The van der Waals surface area contributed by atoms with Crippen LogP contribution in [0.2, 0.25) is 0 Å². The molecule has 0 radical (unpaired) electrons. The molecule has 10 nitrogen and oxygen atoms in total. The zero-order valence-corrected chi connectivity index (χ0v) is 24.3. The van der Waals surface area contributed by atoms with E-state index in [1.165, 1.54) is 67.3 Å². The number of benzene rings is 2. The fraction of sp³-hybridized carbons (Fsp3) is 0.207. The van der Waals surface area contributed by atoms with Gasteiger partial charge < -0.3 is 19.3 Å². The topological polar surface area (TPSA) is 124 Å². The van der Waals surface area contributed by atoms with Crippen LogP contribution >= 0.6 is 23.1 Å². The summed E-state index contributed by atoms with van der Waals surface area (Å²) in [5.41, 5.74) is 2.96. The lowest BCUT2D eigenvalue weighted by molar-refractivity contribution is -0.132. The molecular weight excluding hydrogens is 564 g/mol. The lowest BCUT2D eigenvalue weighted by atomic mass is 9.95. The normalized spacial score (nSPS) is 16.2. The minimum absolute atomic E-state index is 0.112. The summed E-state index contributed by atoms with van der Waals surface area (Å²) >= 11 is 2.66. The molecule has 1 saturated heterocycles. The van der Waals surface area contributed by atoms with Crippen molar-refractivity contribution in [3.8, 4) is 17.2 Å². The Morgan fingerprint density at radius 3 is 2.24 bits per heavy atom. The number of thioether (sulfide) groups is 1. The number of pyridine rings is 1. The van der Waals surface area contributed by atoms with Gasteiger partial charge in [-0.1, -0.05) is 52.9 Å². The van der Waals surface area contributed by atoms with Crippen molar-refractivity contribution in [3.63, 3.8) is 0 Å². The Morgan fingerprint density at radius 1 is 0.976 bits per heavy atom. The van der Waals surface area contributed by atoms with Gasteiger partial charge in [0.1, 0.15) is 5.76 Å². The summed E-state index contributed by atoms with van der Waals surface area (Å²) in [4.78, 5) is 32.3. The van der Waals surface area contributed by atoms with Crippen LogP contribution in [0.4, 0.5) is 5.13 Å². The Hall–Kier alpha value is -4.42. The van der Waals surface area contributed by atoms with Gasteiger partial charge in [-0.05, 0) is 42.3 Å². The highest BCUT2D eigenvalue weighted by Gasteiger charge is 2.49. The van der Waals surface area contributed by atoms with Crippen molar-refractivity contribution in [1.82, 2.24) is 15.2 Å². The molecule has 2 aromatic carbocycles. The van der Waals surface area contributed by atoms with E-state index < -0.39 is 17.7 Å². The van der Waals surface area contributed by atoms with Gasteiger partial charge in [-0.25, -0.2) is 0 Å². The van der Waals surface area contributed by atoms with Gasteiger partial charge in [0.25, 0.3) is 5.78 Å². The number of methoxy groups -OCH3 is 3. The van der Waals surface area contributed by atoms with Gasteiger partial charge in [-0.3, -0.25) is 19.5 Å². The number of anilines is 1. The van der Waals surface area contributed by atoms with Crippen molar-refractivity contribution in [2.45, 2.75) is 23.1 Å². The molecule has 4 aromatic rings. The number of hydrogen-bond donors (Lipinski definition) is 1. The number of aryl methyl sites for hydroxylation is 1. The van der Waals surface area contributed by atoms with E-state index in [1.54, 1.807) is 24.3 Å². The van der Waals surface area contributed by atoms with E-state index in [-0.39, 0.29) is 16.5 Å². The Morgan fingerprint density at radius 2 is 1.63 bits per heavy atom. The van der Waals surface area contributed by atoms with Crippen LogP contribution in [0.15, 0.2) is 70.8 Å². The second kappa shape index (κ2) is 12.0. The van der Waals surface area contributed by atoms with E-state index in [2.05, 4.69) is 15.2 Å². The van der Waals surface area contributed by atoms with E-state index >= 15 is 0 Å². The Balaban J connectivity index is 1.61. The molecule has 1 amide bonds. The van der Waals surface area contributed by atoms with E-state index in [0.29, 0.717) is 38.5 Å². The molecule has 12 heteroatoms. The Labute approximate surface area is 244 Å². The fourth-order valence-corrected chi connectivity index (χ4v) is 6.28. The van der Waals surface area contributed by atoms with Gasteiger partial charge in [0.15, 0.2) is 15.8 Å². The molecule has 0 saturated carbocycles. The minimum atomic E-state index is -1.06. The molecule has 41 heavy (non-hydrogen) atoms. The summed E-state index contributed by atoms with van der Waals surface area (Å²) in [5, 5.41) is 20.1. The summed E-state index contributed by atoms with van der Waals surface area (Å²) < 4.78 is 17.1. The van der Waals surface area contributed by atoms with Crippen LogP contribution in [0.25, 0.3) is 5.76 Å². The number of hydrogen-bond acceptors (Lipinski definition) is 11. The van der Waals surface area contributed by atoms with E-state index in [9.17, 15) is 14.7 Å². The molecule has 210 valence electrons. The molecular formula is C29H26N4O6S2. The molecule has 1 aliphatic rings. The van der Waals surface area contributed by atoms with Crippen LogP contribution in [0, 0.1) is 6.92 Å². The highest BCUT2D eigenvalue weighted by molar-refractivity contribution is 8.00. The molecule has 1 fully saturated rings. The lowest BCUT2D eigenvalue weighted by Crippen LogP contribution is -2.29. The van der Waals surface area contributed by atoms with E-state index in [0.717, 1.165) is 5.56 Å². The second-order valence-corrected chi connectivity index (χ2v) is 11.2. The quantitative estimate of drug-likeness (QED) is 0.0916. The van der Waals surface area contributed by atoms with Gasteiger partial charge in [-0.15, -0.1) is 10.2 Å². The van der Waals surface area contributed by atoms with Gasteiger partial charge in [0, 0.05) is 23.7 Å². The fourth-order valence-electron chi connectivity index (χ4n) is 4.46. The number of aromatic nitrogens is 3. The summed E-state index contributed by atoms with van der Waals surface area (Å²) in [6, 6.07) is 13.5. The molecule has 0 aliphatic carbocycles. The van der Waals surface area contributed by atoms with Crippen molar-refractivity contribution in [2.24, 2.45) is 0 Å². The molecule has 3 heterocycles. The number of Topliss-reactive ketones (excluding diaryl/α,β-unsaturated/α-hetero) is 1. The van der Waals surface area contributed by atoms with Crippen molar-refractivity contribution in [3.05, 3.63) is 88.8 Å². The highest BCUT2D eigenvalue weighted by Crippen LogP contribution is 2.48. The number of carbonyl (C=O) groups is 2. The number of amides is 1. The smallest absolute Gasteiger partial charge is 0.301 e. The van der Waals surface area contributed by atoms with Crippen LogP contribution in [-0.2, 0) is 15.3 Å². The first kappa shape index (κ1) is 28.1. The average Bonchev–Trinajstić information content (AvgIpc) is 3.57. The van der Waals surface area contributed by atoms with Crippen molar-refractivity contribution in [1.29, 1.82) is 0 Å². The minimum Gasteiger partial charge on any atom is -0.507 e. The highest BCUT2D eigenvalue weighted by atomic mass is 32.2. The summed E-state index contributed by atoms with van der Waals surface area (Å²) in [6.45, 7) is 2.03. The third kappa shape index (κ3) is 5.48. The molecule has 1 aliphatic heterocycles. The van der Waals surface area contributed by atoms with Crippen LogP contribution < -0.4 is 19.1 Å². The standard InChI is InChI=1S/C29H26N4O6S2/c1-16-5-7-17(8-6-16)15-40-29-32-31-28(41-29)33-23(19-13-20(37-2)26(39-4)21(14-19)38-3)22(25(35)27(33)36)24(34)18-9-11-30-12-10-18/h5-14,23,34H,15H2,1-4H3. The molecule has 0 spiro atoms. The van der Waals surface area contributed by atoms with E-state index in [1.807, 2.05) is 31.2 Å². The Bertz CT molecular complexity index is 1600. The maximum atomic E-state index is 13.6. The third-order valence-electron chi connectivity index (χ3n) is 6.49. The maximum Gasteiger partial charge on any atom is 0.301 e. The number of carbonyl (C=O) groups excluding carboxylic acids is 2.